The first-order valence-corrected chi connectivity index (χ1v) is 6.40. The number of allylic oxidation sites excluding steroid dienone is 1. The molecule has 0 aliphatic heterocycles. The highest BCUT2D eigenvalue weighted by molar-refractivity contribution is 5.72. The lowest BCUT2D eigenvalue weighted by atomic mass is 9.91. The van der Waals surface area contributed by atoms with Crippen LogP contribution in [-0.2, 0) is 9.47 Å². The second-order valence-electron chi connectivity index (χ2n) is 4.25. The van der Waals surface area contributed by atoms with E-state index in [1.54, 1.807) is 6.92 Å². The second-order valence-corrected chi connectivity index (χ2v) is 4.25. The first kappa shape index (κ1) is 12.7. The average Bonchev–Trinajstić information content (AvgIpc) is 2.40. The zero-order valence-corrected chi connectivity index (χ0v) is 10.6. The Hall–Kier alpha value is -1.77. The van der Waals surface area contributed by atoms with Crippen LogP contribution in [0.2, 0.25) is 0 Å². The van der Waals surface area contributed by atoms with Gasteiger partial charge in [0.15, 0.2) is 0 Å². The van der Waals surface area contributed by atoms with Crippen molar-refractivity contribution in [3.8, 4) is 0 Å². The molecule has 96 valence electrons. The Kier molecular flexibility index (Phi) is 4.40. The molecule has 0 radical (unpaired) electrons. The summed E-state index contributed by atoms with van der Waals surface area (Å²) in [5.74, 6) is 0. The van der Waals surface area contributed by atoms with E-state index in [9.17, 15) is 4.79 Å². The molecule has 2 rings (SSSR count). The van der Waals surface area contributed by atoms with Crippen molar-refractivity contribution in [1.82, 2.24) is 0 Å². The molecule has 0 saturated carbocycles. The van der Waals surface area contributed by atoms with E-state index in [4.69, 9.17) is 9.47 Å². The van der Waals surface area contributed by atoms with Crippen LogP contribution in [0.25, 0.3) is 5.57 Å². The summed E-state index contributed by atoms with van der Waals surface area (Å²) in [6.07, 6.45) is 4.33. The van der Waals surface area contributed by atoms with Crippen LogP contribution in [0.15, 0.2) is 36.4 Å². The van der Waals surface area contributed by atoms with E-state index < -0.39 is 6.16 Å². The van der Waals surface area contributed by atoms with Gasteiger partial charge in [-0.05, 0) is 37.3 Å². The smallest absolute Gasteiger partial charge is 0.435 e. The van der Waals surface area contributed by atoms with Crippen molar-refractivity contribution in [3.63, 3.8) is 0 Å². The molecule has 1 aromatic rings. The van der Waals surface area contributed by atoms with Crippen molar-refractivity contribution in [2.75, 3.05) is 6.61 Å². The molecule has 3 heteroatoms. The molecule has 1 atom stereocenters. The molecule has 1 aromatic carbocycles. The van der Waals surface area contributed by atoms with E-state index in [1.165, 1.54) is 0 Å². The highest BCUT2D eigenvalue weighted by Crippen LogP contribution is 2.29. The van der Waals surface area contributed by atoms with Gasteiger partial charge in [-0.15, -0.1) is 0 Å². The topological polar surface area (TPSA) is 35.5 Å². The Morgan fingerprint density at radius 3 is 2.83 bits per heavy atom. The van der Waals surface area contributed by atoms with Crippen LogP contribution < -0.4 is 0 Å². The van der Waals surface area contributed by atoms with E-state index in [-0.39, 0.29) is 6.10 Å². The van der Waals surface area contributed by atoms with Crippen molar-refractivity contribution in [3.05, 3.63) is 42.0 Å². The van der Waals surface area contributed by atoms with E-state index in [0.717, 1.165) is 30.4 Å². The maximum Gasteiger partial charge on any atom is 0.508 e. The molecule has 3 nitrogen and oxygen atoms in total. The van der Waals surface area contributed by atoms with Gasteiger partial charge in [-0.2, -0.15) is 0 Å². The zero-order chi connectivity index (χ0) is 12.8. The number of hydrogen-bond acceptors (Lipinski definition) is 3. The summed E-state index contributed by atoms with van der Waals surface area (Å²) >= 11 is 0. The third-order valence-electron chi connectivity index (χ3n) is 2.99. The SMILES string of the molecule is CCOC(=O)O[C@H]1CCCC=C1c1ccccc1. The molecule has 18 heavy (non-hydrogen) atoms. The highest BCUT2D eigenvalue weighted by atomic mass is 16.7. The number of carbonyl (C=O) groups excluding carboxylic acids is 1. The molecule has 0 N–H and O–H groups in total. The van der Waals surface area contributed by atoms with Crippen LogP contribution >= 0.6 is 0 Å². The minimum Gasteiger partial charge on any atom is -0.435 e. The molecular formula is C15H18O3. The molecule has 0 unspecified atom stereocenters. The minimum atomic E-state index is -0.578. The van der Waals surface area contributed by atoms with Gasteiger partial charge in [-0.1, -0.05) is 36.4 Å². The van der Waals surface area contributed by atoms with Crippen LogP contribution in [0.3, 0.4) is 0 Å². The zero-order valence-electron chi connectivity index (χ0n) is 10.6. The average molecular weight is 246 g/mol. The Morgan fingerprint density at radius 1 is 1.33 bits per heavy atom. The standard InChI is InChI=1S/C15H18O3/c1-2-17-15(16)18-14-11-7-6-10-13(14)12-8-4-3-5-9-12/h3-5,8-10,14H,2,6-7,11H2,1H3/t14-/m0/s1. The van der Waals surface area contributed by atoms with Crippen LogP contribution in [0.1, 0.15) is 31.7 Å². The van der Waals surface area contributed by atoms with Gasteiger partial charge in [0.1, 0.15) is 6.10 Å². The number of carbonyl (C=O) groups is 1. The summed E-state index contributed by atoms with van der Waals surface area (Å²) in [6, 6.07) is 10.0. The number of rotatable bonds is 3. The summed E-state index contributed by atoms with van der Waals surface area (Å²) in [6.45, 7) is 2.12. The van der Waals surface area contributed by atoms with Gasteiger partial charge in [-0.3, -0.25) is 0 Å². The fourth-order valence-electron chi connectivity index (χ4n) is 2.17. The van der Waals surface area contributed by atoms with E-state index in [0.29, 0.717) is 6.61 Å². The van der Waals surface area contributed by atoms with Gasteiger partial charge >= 0.3 is 6.16 Å². The fraction of sp³-hybridized carbons (Fsp3) is 0.400. The third-order valence-corrected chi connectivity index (χ3v) is 2.99. The van der Waals surface area contributed by atoms with Gasteiger partial charge in [0.25, 0.3) is 0 Å². The lowest BCUT2D eigenvalue weighted by Crippen LogP contribution is -2.22. The lowest BCUT2D eigenvalue weighted by molar-refractivity contribution is 0.0396. The molecule has 1 aliphatic carbocycles. The van der Waals surface area contributed by atoms with E-state index in [1.807, 2.05) is 30.3 Å². The quantitative estimate of drug-likeness (QED) is 0.761. The fourth-order valence-corrected chi connectivity index (χ4v) is 2.17. The molecule has 0 fully saturated rings. The van der Waals surface area contributed by atoms with Crippen molar-refractivity contribution < 1.29 is 14.3 Å². The van der Waals surface area contributed by atoms with Gasteiger partial charge in [0.05, 0.1) is 6.61 Å². The van der Waals surface area contributed by atoms with E-state index >= 15 is 0 Å². The molecule has 0 spiro atoms. The number of hydrogen-bond donors (Lipinski definition) is 0. The molecule has 0 bridgehead atoms. The third kappa shape index (κ3) is 3.13. The minimum absolute atomic E-state index is 0.180. The first-order valence-electron chi connectivity index (χ1n) is 6.40. The number of benzene rings is 1. The Labute approximate surface area is 107 Å². The molecule has 0 heterocycles. The molecule has 1 aliphatic rings. The van der Waals surface area contributed by atoms with E-state index in [2.05, 4.69) is 6.08 Å². The van der Waals surface area contributed by atoms with Crippen LogP contribution in [0.5, 0.6) is 0 Å². The predicted molar refractivity (Wildman–Crippen MR) is 70.2 cm³/mol. The maximum absolute atomic E-state index is 11.4. The monoisotopic (exact) mass is 246 g/mol. The largest absolute Gasteiger partial charge is 0.508 e. The molecule has 0 amide bonds. The number of ether oxygens (including phenoxy) is 2. The highest BCUT2D eigenvalue weighted by Gasteiger charge is 2.23. The van der Waals surface area contributed by atoms with Crippen LogP contribution in [-0.4, -0.2) is 18.9 Å². The van der Waals surface area contributed by atoms with Gasteiger partial charge in [0, 0.05) is 0 Å². The Morgan fingerprint density at radius 2 is 2.11 bits per heavy atom. The summed E-state index contributed by atoms with van der Waals surface area (Å²) < 4.78 is 10.2. The molecule has 0 saturated heterocycles. The molecule has 0 aromatic heterocycles. The van der Waals surface area contributed by atoms with Crippen LogP contribution in [0, 0.1) is 0 Å². The summed E-state index contributed by atoms with van der Waals surface area (Å²) in [4.78, 5) is 11.4. The lowest BCUT2D eigenvalue weighted by Gasteiger charge is -2.24. The van der Waals surface area contributed by atoms with Gasteiger partial charge in [-0.25, -0.2) is 4.79 Å². The van der Waals surface area contributed by atoms with Crippen molar-refractivity contribution >= 4 is 11.7 Å². The predicted octanol–water partition coefficient (Wildman–Crippen LogP) is 3.80. The molecular weight excluding hydrogens is 228 g/mol. The van der Waals surface area contributed by atoms with Gasteiger partial charge in [0.2, 0.25) is 0 Å². The summed E-state index contributed by atoms with van der Waals surface area (Å²) in [5, 5.41) is 0. The van der Waals surface area contributed by atoms with Gasteiger partial charge < -0.3 is 9.47 Å². The maximum atomic E-state index is 11.4. The Bertz CT molecular complexity index is 423. The van der Waals surface area contributed by atoms with Crippen molar-refractivity contribution in [1.29, 1.82) is 0 Å². The summed E-state index contributed by atoms with van der Waals surface area (Å²) in [5.41, 5.74) is 2.21. The second kappa shape index (κ2) is 6.24. The van der Waals surface area contributed by atoms with Crippen LogP contribution in [0.4, 0.5) is 4.79 Å². The Balaban J connectivity index is 2.11. The van der Waals surface area contributed by atoms with Crippen molar-refractivity contribution in [2.24, 2.45) is 0 Å². The normalized spacial score (nSPS) is 18.9. The summed E-state index contributed by atoms with van der Waals surface area (Å²) in [7, 11) is 0. The van der Waals surface area contributed by atoms with Crippen molar-refractivity contribution in [2.45, 2.75) is 32.3 Å². The first-order chi connectivity index (χ1) is 8.81.